The minimum atomic E-state index is -0.480. The molecule has 0 radical (unpaired) electrons. The van der Waals surface area contributed by atoms with Crippen LogP contribution >= 0.6 is 15.9 Å². The summed E-state index contributed by atoms with van der Waals surface area (Å²) in [6, 6.07) is 7.13. The minimum Gasteiger partial charge on any atom is -0.382 e. The standard InChI is InChI=1S/C10H9BrFN3/c11-8-3-6(1-2-7(8)5-12)9-4-10(13)15-14-9/h1-4H,5H2,(H3,13,14,15). The summed E-state index contributed by atoms with van der Waals surface area (Å²) < 4.78 is 13.2. The van der Waals surface area contributed by atoms with E-state index in [-0.39, 0.29) is 0 Å². The van der Waals surface area contributed by atoms with E-state index in [9.17, 15) is 4.39 Å². The van der Waals surface area contributed by atoms with Gasteiger partial charge in [-0.25, -0.2) is 4.39 Å². The molecule has 3 N–H and O–H groups in total. The normalized spacial score (nSPS) is 10.5. The fraction of sp³-hybridized carbons (Fsp3) is 0.100. The number of nitrogens with zero attached hydrogens (tertiary/aromatic N) is 1. The van der Waals surface area contributed by atoms with E-state index in [2.05, 4.69) is 26.1 Å². The first-order valence-corrected chi connectivity index (χ1v) is 5.15. The van der Waals surface area contributed by atoms with Gasteiger partial charge in [-0.2, -0.15) is 5.10 Å². The summed E-state index contributed by atoms with van der Waals surface area (Å²) in [6.45, 7) is -0.480. The summed E-state index contributed by atoms with van der Waals surface area (Å²) in [5.41, 5.74) is 7.86. The van der Waals surface area contributed by atoms with Crippen molar-refractivity contribution in [3.05, 3.63) is 34.3 Å². The molecule has 1 aromatic heterocycles. The van der Waals surface area contributed by atoms with Crippen molar-refractivity contribution in [2.75, 3.05) is 5.73 Å². The number of hydrogen-bond acceptors (Lipinski definition) is 2. The smallest absolute Gasteiger partial charge is 0.145 e. The zero-order valence-electron chi connectivity index (χ0n) is 7.80. The number of H-pyrrole nitrogens is 1. The number of nitrogens with one attached hydrogen (secondary N) is 1. The maximum atomic E-state index is 12.5. The Morgan fingerprint density at radius 1 is 1.40 bits per heavy atom. The Morgan fingerprint density at radius 2 is 2.20 bits per heavy atom. The molecule has 0 aliphatic rings. The minimum absolute atomic E-state index is 0.440. The number of nitrogen functional groups attached to an aromatic ring is 1. The molecule has 1 heterocycles. The van der Waals surface area contributed by atoms with E-state index in [1.54, 1.807) is 12.1 Å². The van der Waals surface area contributed by atoms with E-state index in [1.165, 1.54) is 0 Å². The molecular weight excluding hydrogens is 261 g/mol. The van der Waals surface area contributed by atoms with Crippen LogP contribution in [0, 0.1) is 0 Å². The maximum Gasteiger partial charge on any atom is 0.145 e. The summed E-state index contributed by atoms with van der Waals surface area (Å²) in [4.78, 5) is 0. The molecule has 0 aliphatic heterocycles. The molecule has 0 unspecified atom stereocenters. The molecule has 0 bridgehead atoms. The molecule has 5 heteroatoms. The van der Waals surface area contributed by atoms with Gasteiger partial charge in [0.2, 0.25) is 0 Å². The number of benzene rings is 1. The molecule has 78 valence electrons. The van der Waals surface area contributed by atoms with Gasteiger partial charge in [0.15, 0.2) is 0 Å². The van der Waals surface area contributed by atoms with Crippen molar-refractivity contribution in [3.63, 3.8) is 0 Å². The molecule has 0 saturated heterocycles. The van der Waals surface area contributed by atoms with Crippen LogP contribution in [0.1, 0.15) is 5.56 Å². The molecule has 2 aromatic rings. The molecule has 0 aliphatic carbocycles. The van der Waals surface area contributed by atoms with Crippen LogP contribution in [0.5, 0.6) is 0 Å². The Kier molecular flexibility index (Phi) is 2.73. The Labute approximate surface area is 94.6 Å². The van der Waals surface area contributed by atoms with Crippen LogP contribution in [0.2, 0.25) is 0 Å². The first-order chi connectivity index (χ1) is 7.20. The Bertz CT molecular complexity index is 481. The SMILES string of the molecule is Nc1cc(-c2ccc(CF)c(Br)c2)[nH]n1. The topological polar surface area (TPSA) is 54.7 Å². The molecule has 0 amide bonds. The van der Waals surface area contributed by atoms with Crippen LogP contribution in [0.4, 0.5) is 10.2 Å². The second-order valence-corrected chi connectivity index (χ2v) is 4.00. The third kappa shape index (κ3) is 2.02. The van der Waals surface area contributed by atoms with Gasteiger partial charge in [0, 0.05) is 16.1 Å². The lowest BCUT2D eigenvalue weighted by molar-refractivity contribution is 0.484. The predicted octanol–water partition coefficient (Wildman–Crippen LogP) is 2.89. The second kappa shape index (κ2) is 4.02. The number of aromatic nitrogens is 2. The summed E-state index contributed by atoms with van der Waals surface area (Å²) in [7, 11) is 0. The van der Waals surface area contributed by atoms with Gasteiger partial charge in [0.25, 0.3) is 0 Å². The number of halogens is 2. The van der Waals surface area contributed by atoms with Gasteiger partial charge < -0.3 is 5.73 Å². The molecule has 0 saturated carbocycles. The maximum absolute atomic E-state index is 12.5. The van der Waals surface area contributed by atoms with Gasteiger partial charge in [-0.05, 0) is 11.6 Å². The summed E-state index contributed by atoms with van der Waals surface area (Å²) in [5, 5.41) is 6.63. The van der Waals surface area contributed by atoms with Gasteiger partial charge in [-0.1, -0.05) is 28.1 Å². The van der Waals surface area contributed by atoms with Crippen molar-refractivity contribution in [2.45, 2.75) is 6.67 Å². The van der Waals surface area contributed by atoms with Crippen molar-refractivity contribution in [3.8, 4) is 11.3 Å². The molecule has 0 spiro atoms. The Balaban J connectivity index is 2.42. The summed E-state index contributed by atoms with van der Waals surface area (Å²) in [5.74, 6) is 0.440. The average Bonchev–Trinajstić information content (AvgIpc) is 2.65. The summed E-state index contributed by atoms with van der Waals surface area (Å²) in [6.07, 6.45) is 0. The lowest BCUT2D eigenvalue weighted by Crippen LogP contribution is -1.84. The van der Waals surface area contributed by atoms with Crippen LogP contribution in [-0.4, -0.2) is 10.2 Å². The number of aromatic amines is 1. The van der Waals surface area contributed by atoms with Gasteiger partial charge >= 0.3 is 0 Å². The van der Waals surface area contributed by atoms with Crippen molar-refractivity contribution in [1.29, 1.82) is 0 Å². The van der Waals surface area contributed by atoms with Crippen molar-refractivity contribution < 1.29 is 4.39 Å². The van der Waals surface area contributed by atoms with E-state index in [0.717, 1.165) is 15.7 Å². The number of rotatable bonds is 2. The van der Waals surface area contributed by atoms with E-state index < -0.39 is 6.67 Å². The fourth-order valence-corrected chi connectivity index (χ4v) is 1.79. The quantitative estimate of drug-likeness (QED) is 0.881. The fourth-order valence-electron chi connectivity index (χ4n) is 1.31. The number of alkyl halides is 1. The van der Waals surface area contributed by atoms with Gasteiger partial charge in [-0.15, -0.1) is 0 Å². The molecule has 3 nitrogen and oxygen atoms in total. The largest absolute Gasteiger partial charge is 0.382 e. The first-order valence-electron chi connectivity index (χ1n) is 4.36. The van der Waals surface area contributed by atoms with E-state index >= 15 is 0 Å². The molecule has 0 atom stereocenters. The van der Waals surface area contributed by atoms with Crippen LogP contribution in [0.15, 0.2) is 28.7 Å². The van der Waals surface area contributed by atoms with E-state index in [0.29, 0.717) is 11.4 Å². The zero-order chi connectivity index (χ0) is 10.8. The van der Waals surface area contributed by atoms with Crippen molar-refractivity contribution in [1.82, 2.24) is 10.2 Å². The molecule has 1 aromatic carbocycles. The van der Waals surface area contributed by atoms with Crippen molar-refractivity contribution in [2.24, 2.45) is 0 Å². The van der Waals surface area contributed by atoms with Gasteiger partial charge in [0.1, 0.15) is 12.5 Å². The van der Waals surface area contributed by atoms with E-state index in [1.807, 2.05) is 12.1 Å². The first kappa shape index (κ1) is 10.2. The Morgan fingerprint density at radius 3 is 2.73 bits per heavy atom. The monoisotopic (exact) mass is 269 g/mol. The lowest BCUT2D eigenvalue weighted by atomic mass is 10.1. The van der Waals surface area contributed by atoms with Crippen LogP contribution in [-0.2, 0) is 6.67 Å². The van der Waals surface area contributed by atoms with Crippen LogP contribution in [0.3, 0.4) is 0 Å². The highest BCUT2D eigenvalue weighted by molar-refractivity contribution is 9.10. The third-order valence-electron chi connectivity index (χ3n) is 2.11. The molecule has 0 fully saturated rings. The molecular formula is C10H9BrFN3. The van der Waals surface area contributed by atoms with E-state index in [4.69, 9.17) is 5.73 Å². The third-order valence-corrected chi connectivity index (χ3v) is 2.84. The lowest BCUT2D eigenvalue weighted by Gasteiger charge is -2.02. The van der Waals surface area contributed by atoms with Crippen LogP contribution in [0.25, 0.3) is 11.3 Å². The highest BCUT2D eigenvalue weighted by atomic mass is 79.9. The highest BCUT2D eigenvalue weighted by Crippen LogP contribution is 2.25. The number of nitrogens with two attached hydrogens (primary N) is 1. The van der Waals surface area contributed by atoms with Gasteiger partial charge in [0.05, 0.1) is 5.69 Å². The van der Waals surface area contributed by atoms with Crippen LogP contribution < -0.4 is 5.73 Å². The summed E-state index contributed by atoms with van der Waals surface area (Å²) >= 11 is 3.31. The number of anilines is 1. The molecule has 2 rings (SSSR count). The molecule has 15 heavy (non-hydrogen) atoms. The second-order valence-electron chi connectivity index (χ2n) is 3.15. The zero-order valence-corrected chi connectivity index (χ0v) is 9.38. The average molecular weight is 270 g/mol. The van der Waals surface area contributed by atoms with Crippen molar-refractivity contribution >= 4 is 21.7 Å². The number of hydrogen-bond donors (Lipinski definition) is 2. The predicted molar refractivity (Wildman–Crippen MR) is 60.9 cm³/mol. The Hall–Kier alpha value is -1.36. The highest BCUT2D eigenvalue weighted by Gasteiger charge is 2.05. The van der Waals surface area contributed by atoms with Gasteiger partial charge in [-0.3, -0.25) is 5.10 Å².